The molecule has 1 saturated heterocycles. The average Bonchev–Trinajstić information content (AvgIpc) is 2.91. The van der Waals surface area contributed by atoms with Crippen molar-refractivity contribution in [3.63, 3.8) is 0 Å². The van der Waals surface area contributed by atoms with Crippen molar-refractivity contribution in [2.75, 3.05) is 13.1 Å². The maximum absolute atomic E-state index is 10.5. The first-order chi connectivity index (χ1) is 9.17. The molecule has 0 radical (unpaired) electrons. The van der Waals surface area contributed by atoms with Crippen LogP contribution in [0.25, 0.3) is 11.4 Å². The van der Waals surface area contributed by atoms with Crippen molar-refractivity contribution >= 4 is 0 Å². The highest BCUT2D eigenvalue weighted by atomic mass is 16.5. The third-order valence-corrected chi connectivity index (χ3v) is 3.50. The van der Waals surface area contributed by atoms with E-state index in [0.717, 1.165) is 18.5 Å². The maximum Gasteiger partial charge on any atom is 0.260 e. The summed E-state index contributed by atoms with van der Waals surface area (Å²) in [6, 6.07) is 7.91. The smallest absolute Gasteiger partial charge is 0.260 e. The van der Waals surface area contributed by atoms with Gasteiger partial charge >= 0.3 is 0 Å². The Morgan fingerprint density at radius 1 is 1.32 bits per heavy atom. The molecule has 3 rings (SSSR count). The Morgan fingerprint density at radius 3 is 2.79 bits per heavy atom. The van der Waals surface area contributed by atoms with Crippen molar-refractivity contribution in [1.29, 1.82) is 0 Å². The standard InChI is InChI=1S/C14H17N3O2/c1-10-3-5-11(6-4-10)12-16-13(19-17-12)14(18)7-2-8-15-9-14/h3-6,15,18H,2,7-9H2,1H3. The summed E-state index contributed by atoms with van der Waals surface area (Å²) in [5.74, 6) is 0.823. The third kappa shape index (κ3) is 2.39. The first-order valence-corrected chi connectivity index (χ1v) is 6.52. The van der Waals surface area contributed by atoms with Gasteiger partial charge in [0.2, 0.25) is 5.82 Å². The lowest BCUT2D eigenvalue weighted by molar-refractivity contribution is -0.0167. The van der Waals surface area contributed by atoms with Gasteiger partial charge in [0.25, 0.3) is 5.89 Å². The molecule has 1 atom stereocenters. The van der Waals surface area contributed by atoms with Gasteiger partial charge < -0.3 is 14.9 Å². The molecular formula is C14H17N3O2. The highest BCUT2D eigenvalue weighted by Crippen LogP contribution is 2.28. The Bertz CT molecular complexity index is 556. The Balaban J connectivity index is 1.88. The summed E-state index contributed by atoms with van der Waals surface area (Å²) >= 11 is 0. The van der Waals surface area contributed by atoms with E-state index in [-0.39, 0.29) is 0 Å². The van der Waals surface area contributed by atoms with Crippen molar-refractivity contribution in [1.82, 2.24) is 15.5 Å². The van der Waals surface area contributed by atoms with Crippen LogP contribution in [0.3, 0.4) is 0 Å². The van der Waals surface area contributed by atoms with E-state index < -0.39 is 5.60 Å². The van der Waals surface area contributed by atoms with E-state index in [1.807, 2.05) is 31.2 Å². The number of nitrogens with one attached hydrogen (secondary N) is 1. The monoisotopic (exact) mass is 259 g/mol. The van der Waals surface area contributed by atoms with E-state index >= 15 is 0 Å². The van der Waals surface area contributed by atoms with Gasteiger partial charge in [0, 0.05) is 12.1 Å². The van der Waals surface area contributed by atoms with Gasteiger partial charge in [-0.05, 0) is 26.3 Å². The van der Waals surface area contributed by atoms with Crippen LogP contribution in [0.1, 0.15) is 24.3 Å². The normalized spacial score (nSPS) is 23.5. The van der Waals surface area contributed by atoms with Crippen molar-refractivity contribution in [2.45, 2.75) is 25.4 Å². The fourth-order valence-electron chi connectivity index (χ4n) is 2.30. The minimum atomic E-state index is -1.03. The van der Waals surface area contributed by atoms with E-state index in [9.17, 15) is 5.11 Å². The van der Waals surface area contributed by atoms with Crippen molar-refractivity contribution in [3.8, 4) is 11.4 Å². The minimum Gasteiger partial charge on any atom is -0.379 e. The molecule has 1 aliphatic rings. The minimum absolute atomic E-state index is 0.301. The third-order valence-electron chi connectivity index (χ3n) is 3.50. The van der Waals surface area contributed by atoms with Gasteiger partial charge in [0.05, 0.1) is 0 Å². The highest BCUT2D eigenvalue weighted by Gasteiger charge is 2.37. The zero-order valence-electron chi connectivity index (χ0n) is 10.9. The number of benzene rings is 1. The molecule has 1 fully saturated rings. The second kappa shape index (κ2) is 4.75. The largest absolute Gasteiger partial charge is 0.379 e. The van der Waals surface area contributed by atoms with Crippen LogP contribution in [0.5, 0.6) is 0 Å². The van der Waals surface area contributed by atoms with Crippen LogP contribution in [-0.2, 0) is 5.60 Å². The quantitative estimate of drug-likeness (QED) is 0.857. The SMILES string of the molecule is Cc1ccc(-c2noc(C3(O)CCCNC3)n2)cc1. The summed E-state index contributed by atoms with van der Waals surface area (Å²) in [6.45, 7) is 3.41. The Labute approximate surface area is 111 Å². The molecule has 5 heteroatoms. The van der Waals surface area contributed by atoms with E-state index in [2.05, 4.69) is 15.5 Å². The predicted molar refractivity (Wildman–Crippen MR) is 70.5 cm³/mol. The molecule has 2 N–H and O–H groups in total. The average molecular weight is 259 g/mol. The number of nitrogens with zero attached hydrogens (tertiary/aromatic N) is 2. The number of β-amino-alcohol motifs (C(OH)–C–C–N with tert-alkyl or cyclic N) is 1. The van der Waals surface area contributed by atoms with Crippen LogP contribution in [0.15, 0.2) is 28.8 Å². The molecule has 0 aliphatic carbocycles. The number of aromatic nitrogens is 2. The van der Waals surface area contributed by atoms with E-state index in [4.69, 9.17) is 4.52 Å². The molecule has 0 bridgehead atoms. The molecule has 0 amide bonds. The van der Waals surface area contributed by atoms with E-state index in [0.29, 0.717) is 24.7 Å². The van der Waals surface area contributed by atoms with Crippen molar-refractivity contribution in [2.24, 2.45) is 0 Å². The number of hydrogen-bond donors (Lipinski definition) is 2. The first kappa shape index (κ1) is 12.3. The molecule has 1 aromatic carbocycles. The van der Waals surface area contributed by atoms with E-state index in [1.54, 1.807) is 0 Å². The molecule has 0 spiro atoms. The lowest BCUT2D eigenvalue weighted by Gasteiger charge is -2.28. The Kier molecular flexibility index (Phi) is 3.08. The number of hydrogen-bond acceptors (Lipinski definition) is 5. The lowest BCUT2D eigenvalue weighted by atomic mass is 9.94. The van der Waals surface area contributed by atoms with Crippen LogP contribution in [0.2, 0.25) is 0 Å². The molecule has 5 nitrogen and oxygen atoms in total. The number of aryl methyl sites for hydroxylation is 1. The predicted octanol–water partition coefficient (Wildman–Crippen LogP) is 1.62. The molecule has 1 aromatic heterocycles. The number of aliphatic hydroxyl groups is 1. The fraction of sp³-hybridized carbons (Fsp3) is 0.429. The Hall–Kier alpha value is -1.72. The van der Waals surface area contributed by atoms with Crippen LogP contribution in [0.4, 0.5) is 0 Å². The van der Waals surface area contributed by atoms with Crippen LogP contribution >= 0.6 is 0 Å². The highest BCUT2D eigenvalue weighted by molar-refractivity contribution is 5.54. The second-order valence-electron chi connectivity index (χ2n) is 5.10. The maximum atomic E-state index is 10.5. The molecule has 2 aromatic rings. The first-order valence-electron chi connectivity index (χ1n) is 6.52. The molecule has 100 valence electrons. The zero-order valence-corrected chi connectivity index (χ0v) is 10.9. The van der Waals surface area contributed by atoms with Gasteiger partial charge in [-0.1, -0.05) is 35.0 Å². The lowest BCUT2D eigenvalue weighted by Crippen LogP contribution is -2.43. The second-order valence-corrected chi connectivity index (χ2v) is 5.10. The molecule has 2 heterocycles. The molecule has 1 aliphatic heterocycles. The van der Waals surface area contributed by atoms with Gasteiger partial charge in [-0.2, -0.15) is 4.98 Å². The summed E-state index contributed by atoms with van der Waals surface area (Å²) in [4.78, 5) is 4.34. The zero-order chi connectivity index (χ0) is 13.3. The number of rotatable bonds is 2. The molecule has 19 heavy (non-hydrogen) atoms. The molecule has 1 unspecified atom stereocenters. The van der Waals surface area contributed by atoms with Gasteiger partial charge in [-0.15, -0.1) is 0 Å². The summed E-state index contributed by atoms with van der Waals surface area (Å²) in [5.41, 5.74) is 1.05. The number of piperidine rings is 1. The molecular weight excluding hydrogens is 242 g/mol. The topological polar surface area (TPSA) is 71.2 Å². The fourth-order valence-corrected chi connectivity index (χ4v) is 2.30. The van der Waals surface area contributed by atoms with E-state index in [1.165, 1.54) is 5.56 Å². The summed E-state index contributed by atoms with van der Waals surface area (Å²) in [7, 11) is 0. The van der Waals surface area contributed by atoms with Crippen molar-refractivity contribution < 1.29 is 9.63 Å². The van der Waals surface area contributed by atoms with Crippen LogP contribution in [-0.4, -0.2) is 28.3 Å². The van der Waals surface area contributed by atoms with Gasteiger partial charge in [-0.3, -0.25) is 0 Å². The molecule has 0 saturated carbocycles. The van der Waals surface area contributed by atoms with Gasteiger partial charge in [-0.25, -0.2) is 0 Å². The summed E-state index contributed by atoms with van der Waals surface area (Å²) < 4.78 is 5.24. The van der Waals surface area contributed by atoms with Gasteiger partial charge in [0.15, 0.2) is 5.60 Å². The van der Waals surface area contributed by atoms with Gasteiger partial charge in [0.1, 0.15) is 0 Å². The summed E-state index contributed by atoms with van der Waals surface area (Å²) in [6.07, 6.45) is 1.55. The van der Waals surface area contributed by atoms with Crippen LogP contribution < -0.4 is 5.32 Å². The van der Waals surface area contributed by atoms with Crippen LogP contribution in [0, 0.1) is 6.92 Å². The summed E-state index contributed by atoms with van der Waals surface area (Å²) in [5, 5.41) is 17.6. The van der Waals surface area contributed by atoms with Crippen molar-refractivity contribution in [3.05, 3.63) is 35.7 Å². The Morgan fingerprint density at radius 2 is 2.11 bits per heavy atom.